The molecule has 1 aromatic heterocycles. The van der Waals surface area contributed by atoms with Crippen LogP contribution in [0.3, 0.4) is 0 Å². The number of benzene rings is 4. The fourth-order valence-corrected chi connectivity index (χ4v) is 5.26. The minimum atomic E-state index is -0.0636. The molecule has 6 rings (SSSR count). The predicted molar refractivity (Wildman–Crippen MR) is 123 cm³/mol. The molecular formula is C27H22N2. The lowest BCUT2D eigenvalue weighted by Crippen LogP contribution is -2.15. The van der Waals surface area contributed by atoms with E-state index in [4.69, 9.17) is 5.73 Å². The summed E-state index contributed by atoms with van der Waals surface area (Å²) in [7, 11) is 0. The van der Waals surface area contributed by atoms with E-state index in [1.54, 1.807) is 0 Å². The molecule has 1 aliphatic rings. The van der Waals surface area contributed by atoms with Crippen molar-refractivity contribution in [1.82, 2.24) is 4.57 Å². The van der Waals surface area contributed by atoms with Gasteiger partial charge in [-0.1, -0.05) is 62.4 Å². The standard InChI is InChI=1S/C27H22N2/c1-27(2)22-11-7-6-10-19(22)20-13-15-24-25(26(20)27)21-16-17(28)12-14-23(21)29(24)18-8-4-3-5-9-18/h3-16H,28H2,1-2H3. The van der Waals surface area contributed by atoms with Crippen molar-refractivity contribution < 1.29 is 0 Å². The van der Waals surface area contributed by atoms with Crippen LogP contribution in [0.2, 0.25) is 0 Å². The number of nitrogens with two attached hydrogens (primary N) is 1. The molecule has 4 aromatic carbocycles. The quantitative estimate of drug-likeness (QED) is 0.326. The maximum atomic E-state index is 6.25. The molecule has 0 fully saturated rings. The molecule has 140 valence electrons. The molecule has 2 nitrogen and oxygen atoms in total. The minimum Gasteiger partial charge on any atom is -0.399 e. The van der Waals surface area contributed by atoms with Gasteiger partial charge in [-0.25, -0.2) is 0 Å². The number of rotatable bonds is 1. The summed E-state index contributed by atoms with van der Waals surface area (Å²) in [5.74, 6) is 0. The predicted octanol–water partition coefficient (Wildman–Crippen LogP) is 6.67. The maximum absolute atomic E-state index is 6.25. The second-order valence-corrected chi connectivity index (χ2v) is 8.50. The molecule has 0 atom stereocenters. The SMILES string of the molecule is CC1(C)c2ccccc2-c2ccc3c(c21)c1cc(N)ccc1n3-c1ccccc1. The Balaban J connectivity index is 1.84. The summed E-state index contributed by atoms with van der Waals surface area (Å²) in [5.41, 5.74) is 16.1. The highest BCUT2D eigenvalue weighted by Crippen LogP contribution is 2.53. The second kappa shape index (κ2) is 5.51. The molecule has 1 aliphatic carbocycles. The maximum Gasteiger partial charge on any atom is 0.0544 e. The van der Waals surface area contributed by atoms with Gasteiger partial charge >= 0.3 is 0 Å². The third-order valence-electron chi connectivity index (χ3n) is 6.49. The Morgan fingerprint density at radius 2 is 1.45 bits per heavy atom. The van der Waals surface area contributed by atoms with Gasteiger partial charge < -0.3 is 10.3 Å². The van der Waals surface area contributed by atoms with E-state index < -0.39 is 0 Å². The molecule has 0 saturated heterocycles. The first-order valence-electron chi connectivity index (χ1n) is 10.1. The van der Waals surface area contributed by atoms with Crippen molar-refractivity contribution in [2.75, 3.05) is 5.73 Å². The van der Waals surface area contributed by atoms with Crippen LogP contribution in [0.25, 0.3) is 38.6 Å². The molecule has 0 bridgehead atoms. The Hall–Kier alpha value is -3.52. The van der Waals surface area contributed by atoms with E-state index in [2.05, 4.69) is 97.3 Å². The van der Waals surface area contributed by atoms with Crippen LogP contribution in [0.5, 0.6) is 0 Å². The minimum absolute atomic E-state index is 0.0636. The van der Waals surface area contributed by atoms with Gasteiger partial charge in [0.2, 0.25) is 0 Å². The van der Waals surface area contributed by atoms with Crippen molar-refractivity contribution in [3.05, 3.63) is 96.1 Å². The smallest absolute Gasteiger partial charge is 0.0544 e. The molecule has 0 saturated carbocycles. The first kappa shape index (κ1) is 16.4. The fraction of sp³-hybridized carbons (Fsp3) is 0.111. The highest BCUT2D eigenvalue weighted by Gasteiger charge is 2.37. The first-order valence-corrected chi connectivity index (χ1v) is 10.1. The molecule has 0 spiro atoms. The zero-order valence-electron chi connectivity index (χ0n) is 16.6. The number of nitrogens with zero attached hydrogens (tertiary/aromatic N) is 1. The van der Waals surface area contributed by atoms with Gasteiger partial charge in [0.25, 0.3) is 0 Å². The average Bonchev–Trinajstić information content (AvgIpc) is 3.18. The second-order valence-electron chi connectivity index (χ2n) is 8.50. The molecule has 2 heteroatoms. The van der Waals surface area contributed by atoms with Crippen LogP contribution in [0.4, 0.5) is 5.69 Å². The Morgan fingerprint density at radius 1 is 0.724 bits per heavy atom. The van der Waals surface area contributed by atoms with E-state index >= 15 is 0 Å². The molecule has 0 unspecified atom stereocenters. The van der Waals surface area contributed by atoms with E-state index in [1.165, 1.54) is 49.7 Å². The average molecular weight is 374 g/mol. The molecule has 0 amide bonds. The van der Waals surface area contributed by atoms with Crippen molar-refractivity contribution in [1.29, 1.82) is 0 Å². The summed E-state index contributed by atoms with van der Waals surface area (Å²) in [4.78, 5) is 0. The van der Waals surface area contributed by atoms with Crippen LogP contribution < -0.4 is 5.73 Å². The molecule has 5 aromatic rings. The van der Waals surface area contributed by atoms with Gasteiger partial charge in [0.1, 0.15) is 0 Å². The van der Waals surface area contributed by atoms with Gasteiger partial charge in [0.15, 0.2) is 0 Å². The molecule has 2 N–H and O–H groups in total. The number of hydrogen-bond acceptors (Lipinski definition) is 1. The van der Waals surface area contributed by atoms with Gasteiger partial charge in [-0.2, -0.15) is 0 Å². The highest BCUT2D eigenvalue weighted by atomic mass is 15.0. The Bertz CT molecular complexity index is 1420. The van der Waals surface area contributed by atoms with Crippen molar-refractivity contribution >= 4 is 27.5 Å². The Kier molecular flexibility index (Phi) is 3.12. The molecular weight excluding hydrogens is 352 g/mol. The van der Waals surface area contributed by atoms with Crippen molar-refractivity contribution in [2.45, 2.75) is 19.3 Å². The third kappa shape index (κ3) is 2.06. The normalized spacial score (nSPS) is 14.3. The third-order valence-corrected chi connectivity index (χ3v) is 6.49. The lowest BCUT2D eigenvalue weighted by Gasteiger charge is -2.22. The van der Waals surface area contributed by atoms with E-state index in [-0.39, 0.29) is 5.41 Å². The largest absolute Gasteiger partial charge is 0.399 e. The fourth-order valence-electron chi connectivity index (χ4n) is 5.26. The number of hydrogen-bond donors (Lipinski definition) is 1. The van der Waals surface area contributed by atoms with Crippen molar-refractivity contribution in [2.24, 2.45) is 0 Å². The highest BCUT2D eigenvalue weighted by molar-refractivity contribution is 6.15. The van der Waals surface area contributed by atoms with Crippen molar-refractivity contribution in [3.63, 3.8) is 0 Å². The van der Waals surface area contributed by atoms with Crippen LogP contribution in [-0.4, -0.2) is 4.57 Å². The molecule has 29 heavy (non-hydrogen) atoms. The summed E-state index contributed by atoms with van der Waals surface area (Å²) in [6, 6.07) is 30.3. The molecule has 1 heterocycles. The number of para-hydroxylation sites is 1. The number of anilines is 1. The first-order chi connectivity index (χ1) is 14.1. The molecule has 0 radical (unpaired) electrons. The van der Waals surface area contributed by atoms with Crippen LogP contribution >= 0.6 is 0 Å². The van der Waals surface area contributed by atoms with Crippen LogP contribution in [0.15, 0.2) is 84.9 Å². The monoisotopic (exact) mass is 374 g/mol. The van der Waals surface area contributed by atoms with Gasteiger partial charge in [-0.3, -0.25) is 0 Å². The zero-order chi connectivity index (χ0) is 19.8. The number of aromatic nitrogens is 1. The Morgan fingerprint density at radius 3 is 2.28 bits per heavy atom. The van der Waals surface area contributed by atoms with Crippen LogP contribution in [-0.2, 0) is 5.41 Å². The van der Waals surface area contributed by atoms with Crippen molar-refractivity contribution in [3.8, 4) is 16.8 Å². The number of fused-ring (bicyclic) bond motifs is 7. The van der Waals surface area contributed by atoms with Gasteiger partial charge in [0, 0.05) is 27.6 Å². The zero-order valence-corrected chi connectivity index (χ0v) is 16.6. The summed E-state index contributed by atoms with van der Waals surface area (Å²) in [6.45, 7) is 4.68. The summed E-state index contributed by atoms with van der Waals surface area (Å²) >= 11 is 0. The summed E-state index contributed by atoms with van der Waals surface area (Å²) in [5, 5.41) is 2.54. The van der Waals surface area contributed by atoms with Gasteiger partial charge in [-0.05, 0) is 58.7 Å². The van der Waals surface area contributed by atoms with Gasteiger partial charge in [-0.15, -0.1) is 0 Å². The Labute approximate surface area is 170 Å². The van der Waals surface area contributed by atoms with E-state index in [0.717, 1.165) is 5.69 Å². The van der Waals surface area contributed by atoms with E-state index in [0.29, 0.717) is 0 Å². The van der Waals surface area contributed by atoms with Gasteiger partial charge in [0.05, 0.1) is 11.0 Å². The summed E-state index contributed by atoms with van der Waals surface area (Å²) < 4.78 is 2.36. The summed E-state index contributed by atoms with van der Waals surface area (Å²) in [6.07, 6.45) is 0. The topological polar surface area (TPSA) is 30.9 Å². The molecule has 0 aliphatic heterocycles. The number of nitrogen functional groups attached to an aromatic ring is 1. The van der Waals surface area contributed by atoms with E-state index in [9.17, 15) is 0 Å². The van der Waals surface area contributed by atoms with Crippen LogP contribution in [0.1, 0.15) is 25.0 Å². The lowest BCUT2D eigenvalue weighted by molar-refractivity contribution is 0.666. The van der Waals surface area contributed by atoms with Crippen LogP contribution in [0, 0.1) is 0 Å². The lowest BCUT2D eigenvalue weighted by atomic mass is 9.80. The van der Waals surface area contributed by atoms with E-state index in [1.807, 2.05) is 6.07 Å².